The van der Waals surface area contributed by atoms with Crippen molar-refractivity contribution in [2.24, 2.45) is 55.9 Å². The number of unbranched alkanes of at least 4 members (excludes halogenated alkanes) is 2. The van der Waals surface area contributed by atoms with Crippen LogP contribution in [0.2, 0.25) is 0 Å². The Morgan fingerprint density at radius 3 is 1.19 bits per heavy atom. The molecule has 12 atom stereocenters. The van der Waals surface area contributed by atoms with E-state index in [-0.39, 0.29) is 107 Å². The van der Waals surface area contributed by atoms with Gasteiger partial charge >= 0.3 is 0 Å². The van der Waals surface area contributed by atoms with Crippen LogP contribution in [-0.2, 0) is 80.0 Å². The smallest absolute Gasteiger partial charge is 0.245 e. The minimum absolute atomic E-state index is 0.0191. The zero-order valence-electron chi connectivity index (χ0n) is 58.6. The number of nitrogens with two attached hydrogens (primary N) is 8. The van der Waals surface area contributed by atoms with E-state index in [2.05, 4.69) is 104 Å². The quantitative estimate of drug-likeness (QED) is 0.0127. The summed E-state index contributed by atoms with van der Waals surface area (Å²) in [6.45, 7) is 2.22. The highest BCUT2D eigenvalue weighted by Crippen LogP contribution is 2.11. The molecule has 2 aromatic carbocycles. The number of hydrogen-bond acceptors (Lipinski definition) is 22. The lowest BCUT2D eigenvalue weighted by atomic mass is 10.0. The lowest BCUT2D eigenvalue weighted by molar-refractivity contribution is -0.135. The third-order valence-corrected chi connectivity index (χ3v) is 16.2. The second-order valence-electron chi connectivity index (χ2n) is 24.2. The number of benzene rings is 2. The zero-order valence-corrected chi connectivity index (χ0v) is 60.4. The highest BCUT2D eigenvalue weighted by Gasteiger charge is 2.35. The number of nitrogens with one attached hydrogen (secondary N) is 13. The molecule has 104 heavy (non-hydrogen) atoms. The van der Waals surface area contributed by atoms with Crippen molar-refractivity contribution in [3.8, 4) is 0 Å². The molecule has 0 unspecified atom stereocenters. The fraction of sp³-hybridized carbons (Fsp3) is 0.562. The molecule has 0 aliphatic rings. The van der Waals surface area contributed by atoms with Crippen molar-refractivity contribution >= 4 is 120 Å². The molecule has 0 saturated heterocycles. The molecule has 0 bridgehead atoms. The Balaban J connectivity index is 2.21. The van der Waals surface area contributed by atoms with E-state index >= 15 is 0 Å². The van der Waals surface area contributed by atoms with Crippen molar-refractivity contribution < 1.29 is 72.2 Å². The Morgan fingerprint density at radius 2 is 0.760 bits per heavy atom. The molecule has 2 rings (SSSR count). The van der Waals surface area contributed by atoms with Gasteiger partial charge in [0.15, 0.2) is 11.9 Å². The van der Waals surface area contributed by atoms with Gasteiger partial charge in [0, 0.05) is 31.0 Å². The number of carbonyl (C=O) groups is 14. The molecule has 0 aliphatic heterocycles. The van der Waals surface area contributed by atoms with Gasteiger partial charge < -0.3 is 120 Å². The van der Waals surface area contributed by atoms with Crippen LogP contribution in [0.1, 0.15) is 96.1 Å². The lowest BCUT2D eigenvalue weighted by Gasteiger charge is -2.27. The van der Waals surface area contributed by atoms with Gasteiger partial charge in [-0.25, -0.2) is 0 Å². The fourth-order valence-corrected chi connectivity index (χ4v) is 10.2. The summed E-state index contributed by atoms with van der Waals surface area (Å²) in [5.74, 6) is -13.2. The molecular formula is C64H105N23O15S2. The second kappa shape index (κ2) is 49.7. The van der Waals surface area contributed by atoms with E-state index in [1.807, 2.05) is 0 Å². The van der Waals surface area contributed by atoms with E-state index in [1.165, 1.54) is 20.8 Å². The Kier molecular flexibility index (Phi) is 43.1. The van der Waals surface area contributed by atoms with Crippen molar-refractivity contribution in [1.82, 2.24) is 69.1 Å². The van der Waals surface area contributed by atoms with Gasteiger partial charge in [0.25, 0.3) is 0 Å². The molecule has 38 nitrogen and oxygen atoms in total. The van der Waals surface area contributed by atoms with Crippen LogP contribution in [0.5, 0.6) is 0 Å². The number of nitrogens with zero attached hydrogens (tertiary/aromatic N) is 2. The summed E-state index contributed by atoms with van der Waals surface area (Å²) in [4.78, 5) is 196. The summed E-state index contributed by atoms with van der Waals surface area (Å²) in [6, 6.07) is 2.44. The van der Waals surface area contributed by atoms with Crippen LogP contribution in [0.4, 0.5) is 0 Å². The monoisotopic (exact) mass is 1500 g/mol. The number of hydrogen-bond donors (Lipinski definition) is 24. The molecular weight excluding hydrogens is 1390 g/mol. The van der Waals surface area contributed by atoms with E-state index < -0.39 is 175 Å². The third-order valence-electron chi connectivity index (χ3n) is 15.4. The highest BCUT2D eigenvalue weighted by atomic mass is 32.1. The zero-order chi connectivity index (χ0) is 77.8. The average Bonchev–Trinajstić information content (AvgIpc) is 0.861. The van der Waals surface area contributed by atoms with Crippen molar-refractivity contribution in [2.75, 3.05) is 57.3 Å². The molecule has 578 valence electrons. The minimum atomic E-state index is -1.72. The van der Waals surface area contributed by atoms with Gasteiger partial charge in [0.1, 0.15) is 60.4 Å². The van der Waals surface area contributed by atoms with Gasteiger partial charge in [-0.15, -0.1) is 0 Å². The highest BCUT2D eigenvalue weighted by molar-refractivity contribution is 7.80. The molecule has 0 aromatic heterocycles. The largest absolute Gasteiger partial charge is 0.391 e. The average molecular weight is 1500 g/mol. The van der Waals surface area contributed by atoms with Crippen molar-refractivity contribution in [3.63, 3.8) is 0 Å². The molecule has 0 saturated carbocycles. The van der Waals surface area contributed by atoms with Gasteiger partial charge in [-0.1, -0.05) is 60.7 Å². The number of amides is 14. The summed E-state index contributed by atoms with van der Waals surface area (Å²) in [5.41, 5.74) is 46.1. The molecule has 2 aromatic rings. The molecule has 30 N–H and O–H groups in total. The number of aliphatic imine (C=N–C) groups is 2. The van der Waals surface area contributed by atoms with Gasteiger partial charge in [-0.3, -0.25) is 77.1 Å². The summed E-state index contributed by atoms with van der Waals surface area (Å²) in [7, 11) is 0. The summed E-state index contributed by atoms with van der Waals surface area (Å²) >= 11 is 8.32. The van der Waals surface area contributed by atoms with E-state index in [0.717, 1.165) is 5.56 Å². The van der Waals surface area contributed by atoms with Crippen LogP contribution in [0.3, 0.4) is 0 Å². The first-order valence-corrected chi connectivity index (χ1v) is 35.0. The molecule has 0 fully saturated rings. The van der Waals surface area contributed by atoms with Gasteiger partial charge in [-0.2, -0.15) is 25.3 Å². The molecule has 0 heterocycles. The van der Waals surface area contributed by atoms with E-state index in [9.17, 15) is 72.2 Å². The second-order valence-corrected chi connectivity index (χ2v) is 24.9. The van der Waals surface area contributed by atoms with Gasteiger partial charge in [0.2, 0.25) is 82.7 Å². The molecule has 40 heteroatoms. The summed E-state index contributed by atoms with van der Waals surface area (Å²) < 4.78 is 0. The first-order valence-electron chi connectivity index (χ1n) is 33.7. The molecule has 0 aliphatic carbocycles. The van der Waals surface area contributed by atoms with Gasteiger partial charge in [0.05, 0.1) is 31.8 Å². The molecule has 0 spiro atoms. The fourth-order valence-electron chi connectivity index (χ4n) is 9.63. The predicted molar refractivity (Wildman–Crippen MR) is 392 cm³/mol. The normalized spacial score (nSPS) is 14.3. The van der Waals surface area contributed by atoms with Crippen LogP contribution in [0.25, 0.3) is 0 Å². The van der Waals surface area contributed by atoms with E-state index in [0.29, 0.717) is 24.8 Å². The van der Waals surface area contributed by atoms with Crippen molar-refractivity contribution in [3.05, 3.63) is 71.8 Å². The Morgan fingerprint density at radius 1 is 0.394 bits per heavy atom. The maximum atomic E-state index is 14.2. The number of guanidine groups is 2. The summed E-state index contributed by atoms with van der Waals surface area (Å²) in [5, 5.41) is 42.7. The standard InChI is InChI=1S/C64H105N23O15S2/c1-35(78-49(90)32-77-62(102)51(37(3)88)87-60(100)45(29-39-18-8-5-9-19-39)80-50(91)31-75-48(89)30-76-55(95)40(67)28-38-16-6-4-7-17-38)53(93)81-43(22-14-26-73-63(69)70)56(96)84-42(21-11-13-25-66)59(99)86-47(34-104)61(101)79-36(2)54(94)82-44(23-15-27-74-64(71)72)57(97)83-41(20-10-12-24-65)58(98)85-46(33-103)52(68)92/h4-9,16-19,35-37,40-47,51,88,103-104H,10-15,20-34,65-67H2,1-3H3,(H2,68,92)(H,75,89)(H,76,95)(H,77,102)(H,78,90)(H,79,101)(H,80,91)(H,81,93)(H,82,94)(H,83,97)(H,84,96)(H,85,98)(H,86,99)(H,87,100)(H4,69,70,73)(H4,71,72,74)/t35-,36-,37+,40-,41-,42-,43-,44-,45-,46+,47-,51-/m0/s1. The molecule has 14 amide bonds. The third kappa shape index (κ3) is 36.3. The molecule has 0 radical (unpaired) electrons. The maximum absolute atomic E-state index is 14.2. The Bertz CT molecular complexity index is 3210. The Labute approximate surface area is 613 Å². The van der Waals surface area contributed by atoms with Crippen LogP contribution >= 0.6 is 25.3 Å². The lowest BCUT2D eigenvalue weighted by Crippen LogP contribution is -2.60. The number of primary amides is 1. The van der Waals surface area contributed by atoms with Crippen LogP contribution in [0, 0.1) is 0 Å². The van der Waals surface area contributed by atoms with E-state index in [4.69, 9.17) is 45.9 Å². The van der Waals surface area contributed by atoms with E-state index in [1.54, 1.807) is 60.7 Å². The number of thiol groups is 2. The Hall–Kier alpha value is -9.90. The maximum Gasteiger partial charge on any atom is 0.245 e. The van der Waals surface area contributed by atoms with Crippen LogP contribution in [-0.4, -0.2) is 230 Å². The van der Waals surface area contributed by atoms with Crippen molar-refractivity contribution in [1.29, 1.82) is 0 Å². The summed E-state index contributed by atoms with van der Waals surface area (Å²) in [6.07, 6.45) is 0.0347. The first kappa shape index (κ1) is 90.2. The number of aliphatic hydroxyl groups is 1. The topological polar surface area (TPSA) is 648 Å². The first-order chi connectivity index (χ1) is 49.3. The van der Waals surface area contributed by atoms with Crippen LogP contribution in [0.15, 0.2) is 70.6 Å². The minimum Gasteiger partial charge on any atom is -0.391 e. The number of rotatable bonds is 50. The van der Waals surface area contributed by atoms with Crippen molar-refractivity contribution in [2.45, 2.75) is 170 Å². The number of aliphatic hydroxyl groups excluding tert-OH is 1. The van der Waals surface area contributed by atoms with Crippen LogP contribution < -0.4 is 115 Å². The SMILES string of the molecule is C[C@H](NC(=O)CNC(=O)[C@@H](NC(=O)[C@H](Cc1ccccc1)NC(=O)CNC(=O)CNC(=O)[C@@H](N)Cc1ccccc1)[C@@H](C)O)C(=O)N[C@@H](CCCN=C(N)N)C(=O)N[C@@H](CCCCN)C(=O)N[C@@H](CS)C(=O)N[C@@H](C)C(=O)N[C@@H](CCCN=C(N)N)C(=O)N[C@@H](CCCCN)C(=O)N[C@H](CS)C(N)=O. The number of carbonyl (C=O) groups excluding carboxylic acids is 14. The predicted octanol–water partition coefficient (Wildman–Crippen LogP) is -8.87. The van der Waals surface area contributed by atoms with Gasteiger partial charge in [-0.05, 0) is 116 Å².